The number of rotatable bonds is 1. The van der Waals surface area contributed by atoms with Crippen LogP contribution in [0, 0.1) is 0 Å². The average molecular weight is 233 g/mol. The summed E-state index contributed by atoms with van der Waals surface area (Å²) in [6.07, 6.45) is 1.75. The van der Waals surface area contributed by atoms with Crippen LogP contribution in [-0.4, -0.2) is 4.57 Å². The minimum atomic E-state index is 0.905. The van der Waals surface area contributed by atoms with Crippen molar-refractivity contribution in [3.8, 4) is 5.69 Å². The molecule has 0 aliphatic carbocycles. The van der Waals surface area contributed by atoms with E-state index >= 15 is 0 Å². The Morgan fingerprint density at radius 3 is 2.39 bits per heavy atom. The molecule has 0 spiro atoms. The number of hydrogen-bond acceptors (Lipinski definition) is 1. The summed E-state index contributed by atoms with van der Waals surface area (Å²) in [7, 11) is 0. The Morgan fingerprint density at radius 1 is 0.722 bits per heavy atom. The first-order chi connectivity index (χ1) is 8.95. The number of aromatic nitrogens is 1. The largest absolute Gasteiger partial charge is 0.447 e. The lowest BCUT2D eigenvalue weighted by Crippen LogP contribution is -1.91. The van der Waals surface area contributed by atoms with Crippen molar-refractivity contribution in [1.82, 2.24) is 4.57 Å². The van der Waals surface area contributed by atoms with Gasteiger partial charge in [0.2, 0.25) is 5.71 Å². The highest BCUT2D eigenvalue weighted by atomic mass is 16.3. The first-order valence-electron chi connectivity index (χ1n) is 5.97. The highest BCUT2D eigenvalue weighted by molar-refractivity contribution is 6.07. The molecule has 0 atom stereocenters. The van der Waals surface area contributed by atoms with E-state index < -0.39 is 0 Å². The molecule has 86 valence electrons. The normalized spacial score (nSPS) is 11.3. The van der Waals surface area contributed by atoms with E-state index in [0.29, 0.717) is 0 Å². The van der Waals surface area contributed by atoms with Crippen LogP contribution in [0.2, 0.25) is 0 Å². The van der Waals surface area contributed by atoms with Gasteiger partial charge < -0.3 is 4.42 Å². The van der Waals surface area contributed by atoms with Crippen molar-refractivity contribution in [2.24, 2.45) is 0 Å². The fourth-order valence-corrected chi connectivity index (χ4v) is 2.52. The highest BCUT2D eigenvalue weighted by Gasteiger charge is 2.13. The maximum atomic E-state index is 5.65. The van der Waals surface area contributed by atoms with Gasteiger partial charge >= 0.3 is 0 Å². The van der Waals surface area contributed by atoms with E-state index in [-0.39, 0.29) is 0 Å². The van der Waals surface area contributed by atoms with E-state index in [4.69, 9.17) is 4.42 Å². The maximum Gasteiger partial charge on any atom is 0.212 e. The van der Waals surface area contributed by atoms with Crippen LogP contribution < -0.4 is 0 Å². The van der Waals surface area contributed by atoms with Gasteiger partial charge in [0, 0.05) is 16.5 Å². The summed E-state index contributed by atoms with van der Waals surface area (Å²) in [5, 5.41) is 2.39. The van der Waals surface area contributed by atoms with Gasteiger partial charge in [0.1, 0.15) is 0 Å². The minimum absolute atomic E-state index is 0.905. The van der Waals surface area contributed by atoms with Gasteiger partial charge in [-0.2, -0.15) is 0 Å². The van der Waals surface area contributed by atoms with E-state index in [9.17, 15) is 0 Å². The van der Waals surface area contributed by atoms with Crippen LogP contribution in [-0.2, 0) is 0 Å². The molecule has 4 aromatic rings. The monoisotopic (exact) mass is 233 g/mol. The van der Waals surface area contributed by atoms with Gasteiger partial charge in [-0.15, -0.1) is 0 Å². The zero-order chi connectivity index (χ0) is 11.9. The van der Waals surface area contributed by atoms with Crippen LogP contribution in [0.4, 0.5) is 0 Å². The van der Waals surface area contributed by atoms with Crippen LogP contribution in [0.1, 0.15) is 0 Å². The molecule has 0 N–H and O–H groups in total. The second-order valence-electron chi connectivity index (χ2n) is 4.33. The van der Waals surface area contributed by atoms with E-state index in [1.807, 2.05) is 24.3 Å². The highest BCUT2D eigenvalue weighted by Crippen LogP contribution is 2.32. The zero-order valence-corrected chi connectivity index (χ0v) is 9.71. The molecule has 0 amide bonds. The molecule has 0 aliphatic heterocycles. The Labute approximate surface area is 104 Å². The molecular formula is C16H11NO. The molecule has 0 radical (unpaired) electrons. The molecule has 0 saturated carbocycles. The Kier molecular flexibility index (Phi) is 1.86. The third kappa shape index (κ3) is 1.17. The van der Waals surface area contributed by atoms with Crippen molar-refractivity contribution in [3.63, 3.8) is 0 Å². The Balaban J connectivity index is 2.22. The maximum absolute atomic E-state index is 5.65. The van der Waals surface area contributed by atoms with Crippen molar-refractivity contribution in [3.05, 3.63) is 66.9 Å². The second-order valence-corrected chi connectivity index (χ2v) is 4.33. The first-order valence-corrected chi connectivity index (χ1v) is 5.97. The van der Waals surface area contributed by atoms with Gasteiger partial charge in [0.15, 0.2) is 0 Å². The molecular weight excluding hydrogens is 222 g/mol. The topological polar surface area (TPSA) is 18.1 Å². The molecule has 0 saturated heterocycles. The lowest BCUT2D eigenvalue weighted by Gasteiger charge is -2.04. The van der Waals surface area contributed by atoms with Gasteiger partial charge in [0.05, 0.1) is 11.8 Å². The second kappa shape index (κ2) is 3.50. The number of hydrogen-bond donors (Lipinski definition) is 0. The molecule has 0 unspecified atom stereocenters. The molecule has 18 heavy (non-hydrogen) atoms. The van der Waals surface area contributed by atoms with Crippen molar-refractivity contribution < 1.29 is 4.42 Å². The Bertz CT molecular complexity index is 824. The van der Waals surface area contributed by atoms with Gasteiger partial charge in [-0.25, -0.2) is 0 Å². The summed E-state index contributed by atoms with van der Waals surface area (Å²) in [5.74, 6) is 0. The third-order valence-corrected chi connectivity index (χ3v) is 3.30. The number of benzene rings is 2. The van der Waals surface area contributed by atoms with Crippen LogP contribution in [0.25, 0.3) is 27.7 Å². The molecule has 0 aliphatic rings. The number of furan rings is 1. The van der Waals surface area contributed by atoms with Gasteiger partial charge in [-0.3, -0.25) is 4.57 Å². The minimum Gasteiger partial charge on any atom is -0.447 e. The van der Waals surface area contributed by atoms with Crippen molar-refractivity contribution in [2.75, 3.05) is 0 Å². The van der Waals surface area contributed by atoms with E-state index in [2.05, 4.69) is 41.0 Å². The van der Waals surface area contributed by atoms with Crippen molar-refractivity contribution >= 4 is 22.0 Å². The molecule has 0 bridgehead atoms. The average Bonchev–Trinajstić information content (AvgIpc) is 2.99. The van der Waals surface area contributed by atoms with Crippen molar-refractivity contribution in [2.45, 2.75) is 0 Å². The van der Waals surface area contributed by atoms with Crippen molar-refractivity contribution in [1.29, 1.82) is 0 Å². The van der Waals surface area contributed by atoms with E-state index in [1.165, 1.54) is 10.9 Å². The molecule has 2 heteroatoms. The van der Waals surface area contributed by atoms with Crippen LogP contribution in [0.3, 0.4) is 0 Å². The number of para-hydroxylation sites is 2. The fourth-order valence-electron chi connectivity index (χ4n) is 2.52. The molecule has 0 fully saturated rings. The predicted octanol–water partition coefficient (Wildman–Crippen LogP) is 4.38. The van der Waals surface area contributed by atoms with Gasteiger partial charge in [0.25, 0.3) is 0 Å². The fraction of sp³-hybridized carbons (Fsp3) is 0. The quantitative estimate of drug-likeness (QED) is 0.477. The summed E-state index contributed by atoms with van der Waals surface area (Å²) < 4.78 is 7.81. The molecule has 2 nitrogen and oxygen atoms in total. The van der Waals surface area contributed by atoms with Gasteiger partial charge in [-0.1, -0.05) is 36.4 Å². The summed E-state index contributed by atoms with van der Waals surface area (Å²) in [4.78, 5) is 0. The lowest BCUT2D eigenvalue weighted by molar-refractivity contribution is 0.596. The number of fused-ring (bicyclic) bond motifs is 3. The standard InChI is InChI=1S/C16H11NO/c1-2-6-12(7-3-1)17-15-9-5-4-8-13(15)14-10-11-18-16(14)17/h1-11H. The summed E-state index contributed by atoms with van der Waals surface area (Å²) >= 11 is 0. The molecule has 2 aromatic heterocycles. The van der Waals surface area contributed by atoms with Crippen LogP contribution in [0.5, 0.6) is 0 Å². The summed E-state index contributed by atoms with van der Waals surface area (Å²) in [5.41, 5.74) is 3.21. The summed E-state index contributed by atoms with van der Waals surface area (Å²) in [6, 6.07) is 20.7. The van der Waals surface area contributed by atoms with Crippen LogP contribution in [0.15, 0.2) is 71.3 Å². The Hall–Kier alpha value is -2.48. The summed E-state index contributed by atoms with van der Waals surface area (Å²) in [6.45, 7) is 0. The van der Waals surface area contributed by atoms with E-state index in [0.717, 1.165) is 16.8 Å². The molecule has 2 aromatic carbocycles. The number of nitrogens with zero attached hydrogens (tertiary/aromatic N) is 1. The molecule has 4 rings (SSSR count). The zero-order valence-electron chi connectivity index (χ0n) is 9.71. The SMILES string of the molecule is c1ccc(-n2c3ccccc3c3ccoc32)cc1. The lowest BCUT2D eigenvalue weighted by atomic mass is 10.2. The molecule has 2 heterocycles. The third-order valence-electron chi connectivity index (χ3n) is 3.30. The van der Waals surface area contributed by atoms with Gasteiger partial charge in [-0.05, 0) is 24.3 Å². The first kappa shape index (κ1) is 9.54. The van der Waals surface area contributed by atoms with Crippen LogP contribution >= 0.6 is 0 Å². The Morgan fingerprint density at radius 2 is 1.50 bits per heavy atom. The van der Waals surface area contributed by atoms with E-state index in [1.54, 1.807) is 6.26 Å². The smallest absolute Gasteiger partial charge is 0.212 e. The predicted molar refractivity (Wildman–Crippen MR) is 73.0 cm³/mol.